The number of nitrogens with one attached hydrogen (secondary N) is 1. The Labute approximate surface area is 231 Å². The Hall–Kier alpha value is -4.02. The SMILES string of the molecule is Cc1cc(/C=C/C#N)cc(C)c1Oc1nc(Nc2ccc(N3CCN(S(N)(=O)=O)CC3)cc2)nc2ccsc12. The molecule has 0 bridgehead atoms. The van der Waals surface area contributed by atoms with Crippen LogP contribution in [0.15, 0.2) is 53.9 Å². The molecule has 3 heterocycles. The van der Waals surface area contributed by atoms with Crippen LogP contribution in [0, 0.1) is 25.2 Å². The van der Waals surface area contributed by atoms with Gasteiger partial charge in [-0.15, -0.1) is 11.3 Å². The van der Waals surface area contributed by atoms with Gasteiger partial charge in [-0.05, 0) is 84.5 Å². The molecular weight excluding hydrogens is 534 g/mol. The van der Waals surface area contributed by atoms with Crippen molar-refractivity contribution in [2.75, 3.05) is 36.4 Å². The molecular formula is C27H27N7O3S2. The third-order valence-electron chi connectivity index (χ3n) is 6.39. The van der Waals surface area contributed by atoms with Gasteiger partial charge in [-0.1, -0.05) is 0 Å². The molecule has 0 saturated carbocycles. The van der Waals surface area contributed by atoms with Crippen LogP contribution in [0.4, 0.5) is 17.3 Å². The van der Waals surface area contributed by atoms with E-state index >= 15 is 0 Å². The number of nitrogens with two attached hydrogens (primary N) is 1. The monoisotopic (exact) mass is 561 g/mol. The van der Waals surface area contributed by atoms with Crippen molar-refractivity contribution < 1.29 is 13.2 Å². The summed E-state index contributed by atoms with van der Waals surface area (Å²) in [6.07, 6.45) is 3.22. The van der Waals surface area contributed by atoms with Crippen molar-refractivity contribution in [3.05, 3.63) is 70.6 Å². The molecule has 0 atom stereocenters. The van der Waals surface area contributed by atoms with Gasteiger partial charge in [0.2, 0.25) is 11.8 Å². The van der Waals surface area contributed by atoms with Gasteiger partial charge in [0.25, 0.3) is 10.2 Å². The number of nitriles is 1. The average Bonchev–Trinajstić information content (AvgIpc) is 3.38. The lowest BCUT2D eigenvalue weighted by molar-refractivity contribution is 0.385. The number of nitrogens with zero attached hydrogens (tertiary/aromatic N) is 5. The second kappa shape index (κ2) is 11.0. The van der Waals surface area contributed by atoms with Crippen LogP contribution < -0.4 is 20.1 Å². The number of benzene rings is 2. The van der Waals surface area contributed by atoms with Crippen LogP contribution in [0.2, 0.25) is 0 Å². The van der Waals surface area contributed by atoms with E-state index in [2.05, 4.69) is 20.2 Å². The van der Waals surface area contributed by atoms with Crippen LogP contribution in [-0.4, -0.2) is 48.9 Å². The number of allylic oxidation sites excluding steroid dienone is 1. The molecule has 0 unspecified atom stereocenters. The maximum absolute atomic E-state index is 11.6. The van der Waals surface area contributed by atoms with Crippen LogP contribution >= 0.6 is 11.3 Å². The van der Waals surface area contributed by atoms with E-state index in [1.54, 1.807) is 6.08 Å². The van der Waals surface area contributed by atoms with Gasteiger partial charge in [-0.25, -0.2) is 10.1 Å². The molecule has 5 rings (SSSR count). The molecule has 3 N–H and O–H groups in total. The van der Waals surface area contributed by atoms with Crippen molar-refractivity contribution in [2.45, 2.75) is 13.8 Å². The minimum Gasteiger partial charge on any atom is -0.437 e. The van der Waals surface area contributed by atoms with E-state index in [9.17, 15) is 8.42 Å². The van der Waals surface area contributed by atoms with E-state index in [1.165, 1.54) is 21.7 Å². The van der Waals surface area contributed by atoms with Gasteiger partial charge in [0.05, 0.1) is 11.6 Å². The van der Waals surface area contributed by atoms with E-state index in [4.69, 9.17) is 15.1 Å². The summed E-state index contributed by atoms with van der Waals surface area (Å²) >= 11 is 1.51. The Balaban J connectivity index is 1.34. The Kier molecular flexibility index (Phi) is 7.49. The minimum atomic E-state index is -3.66. The normalized spacial score (nSPS) is 14.6. The highest BCUT2D eigenvalue weighted by atomic mass is 32.2. The molecule has 0 amide bonds. The molecule has 200 valence electrons. The van der Waals surface area contributed by atoms with Crippen LogP contribution in [0.1, 0.15) is 16.7 Å². The number of thiophene rings is 1. The molecule has 12 heteroatoms. The van der Waals surface area contributed by atoms with Gasteiger partial charge in [-0.2, -0.15) is 23.0 Å². The largest absolute Gasteiger partial charge is 0.437 e. The predicted octanol–water partition coefficient (Wildman–Crippen LogP) is 4.71. The summed E-state index contributed by atoms with van der Waals surface area (Å²) in [4.78, 5) is 11.5. The number of aromatic nitrogens is 2. The van der Waals surface area contributed by atoms with Crippen LogP contribution in [-0.2, 0) is 10.2 Å². The molecule has 1 aliphatic rings. The van der Waals surface area contributed by atoms with Gasteiger partial charge in [-0.3, -0.25) is 0 Å². The molecule has 1 aliphatic heterocycles. The summed E-state index contributed by atoms with van der Waals surface area (Å²) in [6.45, 7) is 5.78. The smallest absolute Gasteiger partial charge is 0.277 e. The standard InChI is InChI=1S/C27H27N7O3S2/c1-18-16-20(4-3-10-28)17-19(2)24(18)37-26-25-23(9-15-38-25)31-27(32-26)30-21-5-7-22(8-6-21)33-11-13-34(14-12-33)39(29,35)36/h3-9,15-17H,11-14H2,1-2H3,(H2,29,35,36)(H,30,31,32)/b4-3+. The summed E-state index contributed by atoms with van der Waals surface area (Å²) in [5, 5.41) is 19.3. The van der Waals surface area contributed by atoms with Crippen molar-refractivity contribution in [3.8, 4) is 17.7 Å². The molecule has 1 fully saturated rings. The van der Waals surface area contributed by atoms with E-state index < -0.39 is 10.2 Å². The predicted molar refractivity (Wildman–Crippen MR) is 155 cm³/mol. The molecule has 1 saturated heterocycles. The maximum Gasteiger partial charge on any atom is 0.277 e. The first-order chi connectivity index (χ1) is 18.7. The highest BCUT2D eigenvalue weighted by Crippen LogP contribution is 2.36. The topological polar surface area (TPSA) is 137 Å². The first kappa shape index (κ1) is 26.6. The Morgan fingerprint density at radius 2 is 1.77 bits per heavy atom. The number of fused-ring (bicyclic) bond motifs is 1. The fourth-order valence-corrected chi connectivity index (χ4v) is 5.95. The highest BCUT2D eigenvalue weighted by molar-refractivity contribution is 7.86. The van der Waals surface area contributed by atoms with Gasteiger partial charge in [0, 0.05) is 43.6 Å². The summed E-state index contributed by atoms with van der Waals surface area (Å²) in [6, 6.07) is 15.7. The Bertz CT molecular complexity index is 1660. The van der Waals surface area contributed by atoms with Crippen molar-refractivity contribution in [1.29, 1.82) is 5.26 Å². The Morgan fingerprint density at radius 1 is 1.08 bits per heavy atom. The molecule has 2 aromatic heterocycles. The van der Waals surface area contributed by atoms with Crippen LogP contribution in [0.3, 0.4) is 0 Å². The zero-order valence-corrected chi connectivity index (χ0v) is 23.1. The van der Waals surface area contributed by atoms with E-state index in [0.29, 0.717) is 38.0 Å². The fraction of sp³-hybridized carbons (Fsp3) is 0.222. The van der Waals surface area contributed by atoms with E-state index in [1.807, 2.05) is 67.8 Å². The van der Waals surface area contributed by atoms with E-state index in [-0.39, 0.29) is 0 Å². The number of hydrogen-bond donors (Lipinski definition) is 2. The molecule has 0 radical (unpaired) electrons. The summed E-state index contributed by atoms with van der Waals surface area (Å²) in [5.41, 5.74) is 5.38. The lowest BCUT2D eigenvalue weighted by Crippen LogP contribution is -2.50. The zero-order chi connectivity index (χ0) is 27.6. The molecule has 10 nitrogen and oxygen atoms in total. The lowest BCUT2D eigenvalue weighted by Gasteiger charge is -2.34. The van der Waals surface area contributed by atoms with Gasteiger partial charge >= 0.3 is 0 Å². The summed E-state index contributed by atoms with van der Waals surface area (Å²) in [7, 11) is -3.66. The first-order valence-electron chi connectivity index (χ1n) is 12.2. The van der Waals surface area contributed by atoms with Crippen LogP contribution in [0.25, 0.3) is 16.3 Å². The van der Waals surface area contributed by atoms with Crippen molar-refractivity contribution in [2.24, 2.45) is 5.14 Å². The highest BCUT2D eigenvalue weighted by Gasteiger charge is 2.24. The van der Waals surface area contributed by atoms with Crippen LogP contribution in [0.5, 0.6) is 11.6 Å². The number of piperazine rings is 1. The fourth-order valence-electron chi connectivity index (χ4n) is 4.52. The second-order valence-electron chi connectivity index (χ2n) is 9.14. The average molecular weight is 562 g/mol. The van der Waals surface area contributed by atoms with Crippen molar-refractivity contribution >= 4 is 55.2 Å². The quantitative estimate of drug-likeness (QED) is 0.310. The minimum absolute atomic E-state index is 0.356. The van der Waals surface area contributed by atoms with Crippen molar-refractivity contribution in [1.82, 2.24) is 14.3 Å². The van der Waals surface area contributed by atoms with Crippen molar-refractivity contribution in [3.63, 3.8) is 0 Å². The number of aryl methyl sites for hydroxylation is 2. The number of hydrogen-bond acceptors (Lipinski definition) is 9. The molecule has 4 aromatic rings. The summed E-state index contributed by atoms with van der Waals surface area (Å²) < 4.78 is 31.6. The molecule has 2 aromatic carbocycles. The maximum atomic E-state index is 11.6. The number of anilines is 3. The zero-order valence-electron chi connectivity index (χ0n) is 21.5. The lowest BCUT2D eigenvalue weighted by atomic mass is 10.1. The van der Waals surface area contributed by atoms with Gasteiger partial charge in [0.1, 0.15) is 10.4 Å². The van der Waals surface area contributed by atoms with Gasteiger partial charge in [0.15, 0.2) is 0 Å². The first-order valence-corrected chi connectivity index (χ1v) is 14.6. The third kappa shape index (κ3) is 6.02. The molecule has 0 aliphatic carbocycles. The Morgan fingerprint density at radius 3 is 2.41 bits per heavy atom. The number of ether oxygens (including phenoxy) is 1. The number of rotatable bonds is 7. The molecule has 0 spiro atoms. The third-order valence-corrected chi connectivity index (χ3v) is 8.37. The molecule has 39 heavy (non-hydrogen) atoms. The van der Waals surface area contributed by atoms with Gasteiger partial charge < -0.3 is 15.0 Å². The summed E-state index contributed by atoms with van der Waals surface area (Å²) in [5.74, 6) is 1.60. The van der Waals surface area contributed by atoms with E-state index in [0.717, 1.165) is 44.0 Å². The second-order valence-corrected chi connectivity index (χ2v) is 11.6.